The average molecular weight is 218 g/mol. The molecule has 88 valence electrons. The lowest BCUT2D eigenvalue weighted by molar-refractivity contribution is 0.404. The summed E-state index contributed by atoms with van der Waals surface area (Å²) in [7, 11) is 0. The molecule has 1 aromatic carbocycles. The van der Waals surface area contributed by atoms with Gasteiger partial charge in [0.15, 0.2) is 0 Å². The number of aryl methyl sites for hydroxylation is 1. The highest BCUT2D eigenvalue weighted by molar-refractivity contribution is 5.45. The third kappa shape index (κ3) is 1.83. The van der Waals surface area contributed by atoms with Crippen LogP contribution in [0.15, 0.2) is 12.1 Å². The van der Waals surface area contributed by atoms with Crippen LogP contribution in [0.1, 0.15) is 62.1 Å². The summed E-state index contributed by atoms with van der Waals surface area (Å²) in [5, 5.41) is 9.86. The monoisotopic (exact) mass is 218 g/mol. The Hall–Kier alpha value is -0.980. The van der Waals surface area contributed by atoms with E-state index >= 15 is 0 Å². The molecule has 16 heavy (non-hydrogen) atoms. The van der Waals surface area contributed by atoms with E-state index in [1.807, 2.05) is 13.0 Å². The van der Waals surface area contributed by atoms with Gasteiger partial charge in [-0.05, 0) is 60.3 Å². The lowest BCUT2D eigenvalue weighted by Gasteiger charge is -2.32. The predicted molar refractivity (Wildman–Crippen MR) is 68.1 cm³/mol. The molecule has 0 heterocycles. The number of aromatic hydroxyl groups is 1. The third-order valence-corrected chi connectivity index (χ3v) is 4.05. The number of fused-ring (bicyclic) bond motifs is 1. The molecule has 0 spiro atoms. The largest absolute Gasteiger partial charge is 0.508 e. The summed E-state index contributed by atoms with van der Waals surface area (Å²) in [4.78, 5) is 0. The minimum absolute atomic E-state index is 0.457. The van der Waals surface area contributed by atoms with Crippen molar-refractivity contribution in [2.45, 2.75) is 52.4 Å². The third-order valence-electron chi connectivity index (χ3n) is 4.05. The normalized spacial score (nSPS) is 24.6. The topological polar surface area (TPSA) is 20.2 Å². The van der Waals surface area contributed by atoms with Gasteiger partial charge in [-0.3, -0.25) is 0 Å². The molecule has 2 unspecified atom stereocenters. The molecule has 1 aliphatic carbocycles. The summed E-state index contributed by atoms with van der Waals surface area (Å²) in [5.74, 6) is 2.38. The van der Waals surface area contributed by atoms with Gasteiger partial charge in [0.05, 0.1) is 0 Å². The van der Waals surface area contributed by atoms with Crippen molar-refractivity contribution in [3.05, 3.63) is 28.8 Å². The minimum atomic E-state index is 0.457. The first-order chi connectivity index (χ1) is 7.50. The van der Waals surface area contributed by atoms with Crippen molar-refractivity contribution in [2.75, 3.05) is 0 Å². The van der Waals surface area contributed by atoms with E-state index in [0.29, 0.717) is 23.5 Å². The summed E-state index contributed by atoms with van der Waals surface area (Å²) in [5.41, 5.74) is 3.85. The molecule has 0 aliphatic heterocycles. The van der Waals surface area contributed by atoms with E-state index in [9.17, 15) is 5.11 Å². The molecule has 0 aromatic heterocycles. The zero-order chi connectivity index (χ0) is 11.9. The molecule has 1 aromatic rings. The maximum atomic E-state index is 9.86. The van der Waals surface area contributed by atoms with Crippen molar-refractivity contribution in [1.29, 1.82) is 0 Å². The van der Waals surface area contributed by atoms with Gasteiger partial charge in [-0.2, -0.15) is 0 Å². The maximum Gasteiger partial charge on any atom is 0.118 e. The van der Waals surface area contributed by atoms with Gasteiger partial charge in [-0.1, -0.05) is 26.8 Å². The van der Waals surface area contributed by atoms with E-state index in [4.69, 9.17) is 0 Å². The second-order valence-electron chi connectivity index (χ2n) is 5.60. The highest BCUT2D eigenvalue weighted by Crippen LogP contribution is 2.44. The van der Waals surface area contributed by atoms with E-state index < -0.39 is 0 Å². The van der Waals surface area contributed by atoms with E-state index in [1.54, 1.807) is 0 Å². The molecule has 1 aliphatic rings. The van der Waals surface area contributed by atoms with Crippen molar-refractivity contribution in [1.82, 2.24) is 0 Å². The number of hydrogen-bond acceptors (Lipinski definition) is 1. The molecular weight excluding hydrogens is 196 g/mol. The number of phenolic OH excluding ortho intramolecular Hbond substituents is 1. The van der Waals surface area contributed by atoms with Crippen LogP contribution in [0.3, 0.4) is 0 Å². The fourth-order valence-corrected chi connectivity index (χ4v) is 2.92. The Labute approximate surface area is 98.5 Å². The first kappa shape index (κ1) is 11.5. The number of phenols is 1. The Morgan fingerprint density at radius 3 is 2.50 bits per heavy atom. The molecule has 0 amide bonds. The van der Waals surface area contributed by atoms with E-state index in [0.717, 1.165) is 5.56 Å². The van der Waals surface area contributed by atoms with Crippen LogP contribution in [0.25, 0.3) is 0 Å². The number of benzene rings is 1. The van der Waals surface area contributed by atoms with Gasteiger partial charge in [0.25, 0.3) is 0 Å². The van der Waals surface area contributed by atoms with Gasteiger partial charge in [-0.15, -0.1) is 0 Å². The van der Waals surface area contributed by atoms with Crippen molar-refractivity contribution >= 4 is 0 Å². The van der Waals surface area contributed by atoms with Crippen LogP contribution in [-0.4, -0.2) is 5.11 Å². The molecule has 1 N–H and O–H groups in total. The van der Waals surface area contributed by atoms with Crippen LogP contribution in [0.4, 0.5) is 0 Å². The first-order valence-electron chi connectivity index (χ1n) is 6.34. The predicted octanol–water partition coefficient (Wildman–Crippen LogP) is 4.34. The summed E-state index contributed by atoms with van der Waals surface area (Å²) in [6, 6.07) is 4.19. The zero-order valence-electron chi connectivity index (χ0n) is 10.7. The standard InChI is InChI=1S/C15H22O/c1-9(2)12-6-5-10(3)13-7-11(4)15(16)8-14(12)13/h7-10,12,16H,5-6H2,1-4H3. The minimum Gasteiger partial charge on any atom is -0.508 e. The molecule has 0 saturated heterocycles. The Bertz CT molecular complexity index is 393. The molecule has 1 heteroatoms. The molecule has 2 rings (SSSR count). The molecular formula is C15H22O. The molecule has 0 fully saturated rings. The summed E-state index contributed by atoms with van der Waals surface area (Å²) in [6.45, 7) is 8.84. The van der Waals surface area contributed by atoms with Crippen molar-refractivity contribution in [3.8, 4) is 5.75 Å². The van der Waals surface area contributed by atoms with Crippen LogP contribution in [0.2, 0.25) is 0 Å². The summed E-state index contributed by atoms with van der Waals surface area (Å²) in [6.07, 6.45) is 2.54. The van der Waals surface area contributed by atoms with Gasteiger partial charge in [0.2, 0.25) is 0 Å². The highest BCUT2D eigenvalue weighted by atomic mass is 16.3. The molecule has 2 atom stereocenters. The van der Waals surface area contributed by atoms with Gasteiger partial charge in [-0.25, -0.2) is 0 Å². The second-order valence-corrected chi connectivity index (χ2v) is 5.60. The van der Waals surface area contributed by atoms with Crippen LogP contribution in [0, 0.1) is 12.8 Å². The molecule has 0 bridgehead atoms. The lowest BCUT2D eigenvalue weighted by Crippen LogP contribution is -2.17. The van der Waals surface area contributed by atoms with Crippen LogP contribution < -0.4 is 0 Å². The molecule has 1 nitrogen and oxygen atoms in total. The first-order valence-corrected chi connectivity index (χ1v) is 6.34. The van der Waals surface area contributed by atoms with Crippen LogP contribution in [-0.2, 0) is 0 Å². The van der Waals surface area contributed by atoms with E-state index in [1.165, 1.54) is 24.0 Å². The zero-order valence-corrected chi connectivity index (χ0v) is 10.7. The summed E-state index contributed by atoms with van der Waals surface area (Å²) >= 11 is 0. The molecule has 0 saturated carbocycles. The highest BCUT2D eigenvalue weighted by Gasteiger charge is 2.27. The fraction of sp³-hybridized carbons (Fsp3) is 0.600. The van der Waals surface area contributed by atoms with Crippen LogP contribution >= 0.6 is 0 Å². The number of rotatable bonds is 1. The van der Waals surface area contributed by atoms with Crippen molar-refractivity contribution in [2.24, 2.45) is 5.92 Å². The average Bonchev–Trinajstić information content (AvgIpc) is 2.21. The fourth-order valence-electron chi connectivity index (χ4n) is 2.92. The maximum absolute atomic E-state index is 9.86. The quantitative estimate of drug-likeness (QED) is 0.743. The lowest BCUT2D eigenvalue weighted by atomic mass is 9.72. The van der Waals surface area contributed by atoms with Crippen molar-refractivity contribution < 1.29 is 5.11 Å². The van der Waals surface area contributed by atoms with E-state index in [2.05, 4.69) is 26.8 Å². The van der Waals surface area contributed by atoms with Crippen LogP contribution in [0.5, 0.6) is 5.75 Å². The Morgan fingerprint density at radius 1 is 1.19 bits per heavy atom. The summed E-state index contributed by atoms with van der Waals surface area (Å²) < 4.78 is 0. The number of hydrogen-bond donors (Lipinski definition) is 1. The molecule has 0 radical (unpaired) electrons. The Balaban J connectivity index is 2.52. The Morgan fingerprint density at radius 2 is 1.88 bits per heavy atom. The Kier molecular flexibility index (Phi) is 2.96. The smallest absolute Gasteiger partial charge is 0.118 e. The van der Waals surface area contributed by atoms with Gasteiger partial charge in [0.1, 0.15) is 5.75 Å². The van der Waals surface area contributed by atoms with Gasteiger partial charge >= 0.3 is 0 Å². The second kappa shape index (κ2) is 4.12. The van der Waals surface area contributed by atoms with E-state index in [-0.39, 0.29) is 0 Å². The van der Waals surface area contributed by atoms with Gasteiger partial charge in [0, 0.05) is 0 Å². The SMILES string of the molecule is Cc1cc2c(cc1O)C(C(C)C)CCC2C. The van der Waals surface area contributed by atoms with Crippen molar-refractivity contribution in [3.63, 3.8) is 0 Å². The van der Waals surface area contributed by atoms with Gasteiger partial charge < -0.3 is 5.11 Å².